The van der Waals surface area contributed by atoms with Gasteiger partial charge in [-0.3, -0.25) is 9.69 Å². The minimum atomic E-state index is 0.239. The highest BCUT2D eigenvalue weighted by molar-refractivity contribution is 6.31. The maximum Gasteiger partial charge on any atom is 0.151 e. The summed E-state index contributed by atoms with van der Waals surface area (Å²) >= 11 is 6.14. The van der Waals surface area contributed by atoms with E-state index in [-0.39, 0.29) is 5.78 Å². The molecule has 98 valence electrons. The molecule has 0 amide bonds. The summed E-state index contributed by atoms with van der Waals surface area (Å²) in [5, 5.41) is 3.98. The van der Waals surface area contributed by atoms with Gasteiger partial charge in [0.2, 0.25) is 0 Å². The third-order valence-corrected chi connectivity index (χ3v) is 3.56. The minimum Gasteiger partial charge on any atom is -0.314 e. The Bertz CT molecular complexity index is 428. The second kappa shape index (κ2) is 6.32. The van der Waals surface area contributed by atoms with Gasteiger partial charge in [0.05, 0.1) is 6.54 Å². The zero-order valence-electron chi connectivity index (χ0n) is 10.7. The molecule has 1 fully saturated rings. The summed E-state index contributed by atoms with van der Waals surface area (Å²) in [7, 11) is 0. The van der Waals surface area contributed by atoms with Crippen molar-refractivity contribution in [3.05, 3.63) is 34.3 Å². The Labute approximate surface area is 113 Å². The number of ketones is 1. The van der Waals surface area contributed by atoms with Crippen LogP contribution >= 0.6 is 11.6 Å². The van der Waals surface area contributed by atoms with Crippen LogP contribution in [0.4, 0.5) is 0 Å². The third kappa shape index (κ3) is 3.80. The van der Waals surface area contributed by atoms with Crippen molar-refractivity contribution in [1.29, 1.82) is 0 Å². The van der Waals surface area contributed by atoms with E-state index >= 15 is 0 Å². The second-order valence-electron chi connectivity index (χ2n) is 4.84. The highest BCUT2D eigenvalue weighted by Crippen LogP contribution is 2.18. The summed E-state index contributed by atoms with van der Waals surface area (Å²) in [5.41, 5.74) is 2.06. The lowest BCUT2D eigenvalue weighted by Crippen LogP contribution is -2.45. The van der Waals surface area contributed by atoms with Gasteiger partial charge in [0, 0.05) is 37.6 Å². The van der Waals surface area contributed by atoms with E-state index in [0.717, 1.165) is 37.3 Å². The number of carbonyl (C=O) groups is 1. The number of hydrogen-bond donors (Lipinski definition) is 1. The Balaban J connectivity index is 1.90. The van der Waals surface area contributed by atoms with Crippen molar-refractivity contribution in [3.8, 4) is 0 Å². The van der Waals surface area contributed by atoms with E-state index in [4.69, 9.17) is 11.6 Å². The van der Waals surface area contributed by atoms with Crippen LogP contribution in [0, 0.1) is 6.92 Å². The van der Waals surface area contributed by atoms with Crippen LogP contribution in [-0.4, -0.2) is 43.4 Å². The van der Waals surface area contributed by atoms with Crippen molar-refractivity contribution in [2.24, 2.45) is 0 Å². The van der Waals surface area contributed by atoms with Crippen molar-refractivity contribution in [2.45, 2.75) is 13.3 Å². The molecule has 4 heteroatoms. The summed E-state index contributed by atoms with van der Waals surface area (Å²) in [6, 6.07) is 5.86. The van der Waals surface area contributed by atoms with Gasteiger partial charge >= 0.3 is 0 Å². The first kappa shape index (κ1) is 13.5. The predicted octanol–water partition coefficient (Wildman–Crippen LogP) is 1.67. The number of aryl methyl sites for hydroxylation is 1. The fourth-order valence-corrected chi connectivity index (χ4v) is 2.48. The Hall–Kier alpha value is -0.900. The quantitative estimate of drug-likeness (QED) is 0.900. The molecule has 0 atom stereocenters. The monoisotopic (exact) mass is 266 g/mol. The molecule has 0 radical (unpaired) electrons. The molecule has 3 nitrogen and oxygen atoms in total. The summed E-state index contributed by atoms with van der Waals surface area (Å²) in [6.45, 7) is 6.38. The zero-order chi connectivity index (χ0) is 13.0. The summed E-state index contributed by atoms with van der Waals surface area (Å²) in [5.74, 6) is 0.239. The maximum atomic E-state index is 12.0. The average Bonchev–Trinajstić information content (AvgIpc) is 2.34. The van der Waals surface area contributed by atoms with Gasteiger partial charge in [0.1, 0.15) is 0 Å². The first-order chi connectivity index (χ1) is 8.65. The van der Waals surface area contributed by atoms with Gasteiger partial charge in [-0.15, -0.1) is 0 Å². The largest absolute Gasteiger partial charge is 0.314 e. The lowest BCUT2D eigenvalue weighted by Gasteiger charge is -2.26. The van der Waals surface area contributed by atoms with E-state index in [9.17, 15) is 4.79 Å². The summed E-state index contributed by atoms with van der Waals surface area (Å²) < 4.78 is 0. The number of benzene rings is 1. The van der Waals surface area contributed by atoms with Crippen molar-refractivity contribution < 1.29 is 4.79 Å². The van der Waals surface area contributed by atoms with E-state index in [0.29, 0.717) is 18.0 Å². The number of halogens is 1. The Morgan fingerprint density at radius 2 is 2.11 bits per heavy atom. The lowest BCUT2D eigenvalue weighted by molar-refractivity contribution is -0.119. The van der Waals surface area contributed by atoms with Crippen LogP contribution in [0.15, 0.2) is 18.2 Å². The van der Waals surface area contributed by atoms with Gasteiger partial charge < -0.3 is 5.32 Å². The zero-order valence-corrected chi connectivity index (χ0v) is 11.5. The first-order valence-corrected chi connectivity index (χ1v) is 6.73. The van der Waals surface area contributed by atoms with Gasteiger partial charge in [-0.2, -0.15) is 0 Å². The van der Waals surface area contributed by atoms with E-state index < -0.39 is 0 Å². The minimum absolute atomic E-state index is 0.239. The van der Waals surface area contributed by atoms with Crippen LogP contribution in [0.1, 0.15) is 11.1 Å². The highest BCUT2D eigenvalue weighted by atomic mass is 35.5. The molecule has 18 heavy (non-hydrogen) atoms. The number of nitrogens with one attached hydrogen (secondary N) is 1. The van der Waals surface area contributed by atoms with Crippen molar-refractivity contribution >= 4 is 17.4 Å². The molecule has 0 aromatic heterocycles. The van der Waals surface area contributed by atoms with Crippen LogP contribution in [0.25, 0.3) is 0 Å². The number of Topliss-reactive ketones (excluding diaryl/α,β-unsaturated/α-hetero) is 1. The normalized spacial score (nSPS) is 16.8. The van der Waals surface area contributed by atoms with E-state index in [2.05, 4.69) is 10.2 Å². The molecule has 1 aliphatic heterocycles. The van der Waals surface area contributed by atoms with Crippen LogP contribution in [0.2, 0.25) is 5.02 Å². The molecule has 0 saturated carbocycles. The number of nitrogens with zero attached hydrogens (tertiary/aromatic N) is 1. The standard InChI is InChI=1S/C14H19ClN2O/c1-11-2-3-12(14(15)8-11)9-13(18)10-17-6-4-16-5-7-17/h2-3,8,16H,4-7,9-10H2,1H3. The van der Waals surface area contributed by atoms with Crippen LogP contribution in [0.5, 0.6) is 0 Å². The molecule has 0 bridgehead atoms. The lowest BCUT2D eigenvalue weighted by atomic mass is 10.1. The molecular weight excluding hydrogens is 248 g/mol. The predicted molar refractivity (Wildman–Crippen MR) is 74.2 cm³/mol. The topological polar surface area (TPSA) is 32.3 Å². The van der Waals surface area contributed by atoms with Gasteiger partial charge in [-0.1, -0.05) is 23.7 Å². The van der Waals surface area contributed by atoms with E-state index in [1.165, 1.54) is 0 Å². The van der Waals surface area contributed by atoms with Gasteiger partial charge in [-0.05, 0) is 24.1 Å². The Morgan fingerprint density at radius 1 is 1.39 bits per heavy atom. The molecule has 1 aromatic carbocycles. The molecule has 0 aliphatic carbocycles. The summed E-state index contributed by atoms with van der Waals surface area (Å²) in [6.07, 6.45) is 0.434. The SMILES string of the molecule is Cc1ccc(CC(=O)CN2CCNCC2)c(Cl)c1. The molecule has 1 heterocycles. The molecule has 0 spiro atoms. The smallest absolute Gasteiger partial charge is 0.151 e. The number of piperazine rings is 1. The highest BCUT2D eigenvalue weighted by Gasteiger charge is 2.14. The first-order valence-electron chi connectivity index (χ1n) is 6.35. The molecule has 1 N–H and O–H groups in total. The Kier molecular flexibility index (Phi) is 4.75. The molecule has 1 aromatic rings. The fourth-order valence-electron chi connectivity index (χ4n) is 2.18. The molecule has 1 aliphatic rings. The van der Waals surface area contributed by atoms with Gasteiger partial charge in [-0.25, -0.2) is 0 Å². The van der Waals surface area contributed by atoms with Crippen LogP contribution in [-0.2, 0) is 11.2 Å². The molecule has 1 saturated heterocycles. The third-order valence-electron chi connectivity index (χ3n) is 3.21. The van der Waals surface area contributed by atoms with Gasteiger partial charge in [0.25, 0.3) is 0 Å². The second-order valence-corrected chi connectivity index (χ2v) is 5.24. The van der Waals surface area contributed by atoms with Crippen molar-refractivity contribution in [3.63, 3.8) is 0 Å². The van der Waals surface area contributed by atoms with Gasteiger partial charge in [0.15, 0.2) is 5.78 Å². The molecule has 2 rings (SSSR count). The summed E-state index contributed by atoms with van der Waals surface area (Å²) in [4.78, 5) is 14.2. The number of hydrogen-bond acceptors (Lipinski definition) is 3. The van der Waals surface area contributed by atoms with Crippen molar-refractivity contribution in [1.82, 2.24) is 10.2 Å². The maximum absolute atomic E-state index is 12.0. The van der Waals surface area contributed by atoms with E-state index in [1.807, 2.05) is 25.1 Å². The number of carbonyl (C=O) groups excluding carboxylic acids is 1. The molecule has 0 unspecified atom stereocenters. The average molecular weight is 267 g/mol. The van der Waals surface area contributed by atoms with E-state index in [1.54, 1.807) is 0 Å². The fraction of sp³-hybridized carbons (Fsp3) is 0.500. The van der Waals surface area contributed by atoms with Crippen LogP contribution < -0.4 is 5.32 Å². The van der Waals surface area contributed by atoms with Crippen molar-refractivity contribution in [2.75, 3.05) is 32.7 Å². The number of rotatable bonds is 4. The molecular formula is C14H19ClN2O. The van der Waals surface area contributed by atoms with Crippen LogP contribution in [0.3, 0.4) is 0 Å². The Morgan fingerprint density at radius 3 is 2.78 bits per heavy atom.